The Morgan fingerprint density at radius 1 is 1.36 bits per heavy atom. The molecule has 0 aliphatic carbocycles. The van der Waals surface area contributed by atoms with Gasteiger partial charge in [0.1, 0.15) is 6.10 Å². The number of halogens is 1. The first-order valence-electron chi connectivity index (χ1n) is 3.40. The lowest BCUT2D eigenvalue weighted by molar-refractivity contribution is -0.224. The molecule has 1 aliphatic rings. The van der Waals surface area contributed by atoms with Gasteiger partial charge >= 0.3 is 0 Å². The van der Waals surface area contributed by atoms with Gasteiger partial charge in [0.15, 0.2) is 6.29 Å². The lowest BCUT2D eigenvalue weighted by atomic mass is 10.0. The number of aliphatic hydroxyl groups excluding tert-OH is 3. The third kappa shape index (κ3) is 2.25. The smallest absolute Gasteiger partial charge is 0.157 e. The molecule has 11 heavy (non-hydrogen) atoms. The fourth-order valence-corrected chi connectivity index (χ4v) is 1.79. The second kappa shape index (κ2) is 3.99. The van der Waals surface area contributed by atoms with Crippen molar-refractivity contribution in [2.24, 2.45) is 0 Å². The van der Waals surface area contributed by atoms with Crippen LogP contribution < -0.4 is 0 Å². The zero-order chi connectivity index (χ0) is 8.43. The Morgan fingerprint density at radius 2 is 2.00 bits per heavy atom. The van der Waals surface area contributed by atoms with E-state index >= 15 is 0 Å². The fraction of sp³-hybridized carbons (Fsp3) is 1.00. The molecule has 1 saturated heterocycles. The monoisotopic (exact) mass is 274 g/mol. The Hall–Kier alpha value is 0.570. The van der Waals surface area contributed by atoms with E-state index in [1.807, 2.05) is 22.6 Å². The molecule has 4 atom stereocenters. The Balaban J connectivity index is 2.51. The van der Waals surface area contributed by atoms with Crippen LogP contribution in [0.1, 0.15) is 6.42 Å². The molecule has 66 valence electrons. The minimum atomic E-state index is -0.937. The Kier molecular flexibility index (Phi) is 3.51. The average Bonchev–Trinajstić information content (AvgIpc) is 1.96. The molecule has 0 amide bonds. The summed E-state index contributed by atoms with van der Waals surface area (Å²) in [7, 11) is 0. The first kappa shape index (κ1) is 9.66. The van der Waals surface area contributed by atoms with Gasteiger partial charge in [0, 0.05) is 10.8 Å². The first-order valence-corrected chi connectivity index (χ1v) is 4.93. The fourth-order valence-electron chi connectivity index (χ4n) is 1.06. The molecule has 0 saturated carbocycles. The van der Waals surface area contributed by atoms with Crippen molar-refractivity contribution in [3.05, 3.63) is 0 Å². The van der Waals surface area contributed by atoms with Crippen molar-refractivity contribution in [3.63, 3.8) is 0 Å². The third-order valence-corrected chi connectivity index (χ3v) is 2.57. The Labute approximate surface area is 78.3 Å². The van der Waals surface area contributed by atoms with Gasteiger partial charge in [-0.25, -0.2) is 0 Å². The molecular formula is C6H11IO4. The standard InChI is InChI=1S/C6H11IO4/c7-2-4-6(10)3(8)1-5(9)11-4/h3-6,8-10H,1-2H2/t3-,4?,5?,6+/m1/s1. The molecule has 1 aliphatic heterocycles. The molecule has 0 aromatic heterocycles. The summed E-state index contributed by atoms with van der Waals surface area (Å²) < 4.78 is 5.52. The third-order valence-electron chi connectivity index (χ3n) is 1.70. The summed E-state index contributed by atoms with van der Waals surface area (Å²) in [4.78, 5) is 0. The van der Waals surface area contributed by atoms with E-state index in [0.29, 0.717) is 4.43 Å². The summed E-state index contributed by atoms with van der Waals surface area (Å²) in [6, 6.07) is 0. The van der Waals surface area contributed by atoms with E-state index in [2.05, 4.69) is 0 Å². The van der Waals surface area contributed by atoms with Crippen LogP contribution >= 0.6 is 22.6 Å². The topological polar surface area (TPSA) is 69.9 Å². The van der Waals surface area contributed by atoms with Crippen LogP contribution in [0.3, 0.4) is 0 Å². The van der Waals surface area contributed by atoms with E-state index in [0.717, 1.165) is 0 Å². The van der Waals surface area contributed by atoms with E-state index in [1.54, 1.807) is 0 Å². The molecule has 0 radical (unpaired) electrons. The van der Waals surface area contributed by atoms with Crippen molar-refractivity contribution >= 4 is 22.6 Å². The SMILES string of the molecule is OC1C[C@@H](O)[C@H](O)C(CI)O1. The van der Waals surface area contributed by atoms with Gasteiger partial charge in [0.05, 0.1) is 12.2 Å². The Bertz CT molecular complexity index is 132. The maximum atomic E-state index is 9.26. The number of ether oxygens (including phenoxy) is 1. The van der Waals surface area contributed by atoms with E-state index in [-0.39, 0.29) is 6.42 Å². The summed E-state index contributed by atoms with van der Waals surface area (Å²) >= 11 is 2.03. The molecule has 1 fully saturated rings. The highest BCUT2D eigenvalue weighted by Crippen LogP contribution is 2.20. The predicted octanol–water partition coefficient (Wildman–Crippen LogP) is -0.750. The summed E-state index contributed by atoms with van der Waals surface area (Å²) in [5.74, 6) is 0. The summed E-state index contributed by atoms with van der Waals surface area (Å²) in [5.41, 5.74) is 0. The number of hydrogen-bond acceptors (Lipinski definition) is 4. The molecule has 0 spiro atoms. The van der Waals surface area contributed by atoms with Crippen LogP contribution in [0.15, 0.2) is 0 Å². The highest BCUT2D eigenvalue weighted by molar-refractivity contribution is 14.1. The molecule has 5 heteroatoms. The zero-order valence-corrected chi connectivity index (χ0v) is 8.01. The van der Waals surface area contributed by atoms with Crippen LogP contribution in [-0.2, 0) is 4.74 Å². The van der Waals surface area contributed by atoms with Gasteiger partial charge in [-0.05, 0) is 0 Å². The maximum Gasteiger partial charge on any atom is 0.157 e. The molecule has 2 unspecified atom stereocenters. The molecule has 4 nitrogen and oxygen atoms in total. The van der Waals surface area contributed by atoms with Crippen LogP contribution in [0.4, 0.5) is 0 Å². The van der Waals surface area contributed by atoms with Gasteiger partial charge in [0.25, 0.3) is 0 Å². The quantitative estimate of drug-likeness (QED) is 0.435. The highest BCUT2D eigenvalue weighted by Gasteiger charge is 2.34. The zero-order valence-electron chi connectivity index (χ0n) is 5.85. The molecule has 3 N–H and O–H groups in total. The van der Waals surface area contributed by atoms with Gasteiger partial charge in [-0.2, -0.15) is 0 Å². The van der Waals surface area contributed by atoms with Gasteiger partial charge in [0.2, 0.25) is 0 Å². The van der Waals surface area contributed by atoms with Crippen molar-refractivity contribution in [3.8, 4) is 0 Å². The lowest BCUT2D eigenvalue weighted by Crippen LogP contribution is -2.48. The van der Waals surface area contributed by atoms with E-state index in [9.17, 15) is 5.11 Å². The minimum absolute atomic E-state index is 0.0916. The second-order valence-corrected chi connectivity index (χ2v) is 3.46. The molecule has 0 bridgehead atoms. The maximum absolute atomic E-state index is 9.26. The van der Waals surface area contributed by atoms with Crippen molar-refractivity contribution in [1.82, 2.24) is 0 Å². The van der Waals surface area contributed by atoms with Crippen molar-refractivity contribution in [2.75, 3.05) is 4.43 Å². The number of rotatable bonds is 1. The predicted molar refractivity (Wildman–Crippen MR) is 46.4 cm³/mol. The largest absolute Gasteiger partial charge is 0.390 e. The number of hydrogen-bond donors (Lipinski definition) is 3. The number of aliphatic hydroxyl groups is 3. The van der Waals surface area contributed by atoms with Gasteiger partial charge in [-0.3, -0.25) is 0 Å². The molecular weight excluding hydrogens is 263 g/mol. The van der Waals surface area contributed by atoms with Crippen LogP contribution in [0.2, 0.25) is 0 Å². The van der Waals surface area contributed by atoms with Gasteiger partial charge in [-0.1, -0.05) is 22.6 Å². The van der Waals surface area contributed by atoms with Crippen LogP contribution in [0.5, 0.6) is 0 Å². The molecule has 1 heterocycles. The molecule has 1 rings (SSSR count). The van der Waals surface area contributed by atoms with Crippen LogP contribution in [-0.4, -0.2) is 44.3 Å². The van der Waals surface area contributed by atoms with Crippen LogP contribution in [0.25, 0.3) is 0 Å². The van der Waals surface area contributed by atoms with Gasteiger partial charge < -0.3 is 20.1 Å². The summed E-state index contributed by atoms with van der Waals surface area (Å²) in [5, 5.41) is 27.4. The minimum Gasteiger partial charge on any atom is -0.390 e. The first-order chi connectivity index (χ1) is 5.15. The number of alkyl halides is 1. The normalized spacial score (nSPS) is 45.8. The average molecular weight is 274 g/mol. The molecule has 0 aromatic carbocycles. The van der Waals surface area contributed by atoms with Crippen molar-refractivity contribution in [2.45, 2.75) is 31.0 Å². The lowest BCUT2D eigenvalue weighted by Gasteiger charge is -2.33. The molecule has 0 aromatic rings. The highest BCUT2D eigenvalue weighted by atomic mass is 127. The van der Waals surface area contributed by atoms with Gasteiger partial charge in [-0.15, -0.1) is 0 Å². The van der Waals surface area contributed by atoms with E-state index < -0.39 is 24.6 Å². The Morgan fingerprint density at radius 3 is 2.55 bits per heavy atom. The summed E-state index contributed by atoms with van der Waals surface area (Å²) in [6.07, 6.45) is -3.02. The van der Waals surface area contributed by atoms with Crippen molar-refractivity contribution < 1.29 is 20.1 Å². The van der Waals surface area contributed by atoms with E-state index in [4.69, 9.17) is 14.9 Å². The second-order valence-electron chi connectivity index (χ2n) is 2.58. The van der Waals surface area contributed by atoms with E-state index in [1.165, 1.54) is 0 Å². The van der Waals surface area contributed by atoms with Crippen molar-refractivity contribution in [1.29, 1.82) is 0 Å². The van der Waals surface area contributed by atoms with Crippen LogP contribution in [0, 0.1) is 0 Å². The summed E-state index contributed by atoms with van der Waals surface area (Å²) in [6.45, 7) is 0.